The molecule has 1 aliphatic heterocycles. The summed E-state index contributed by atoms with van der Waals surface area (Å²) in [6.45, 7) is 1.93. The highest BCUT2D eigenvalue weighted by atomic mass is 16.5. The molecule has 0 spiro atoms. The first-order valence-electron chi connectivity index (χ1n) is 7.43. The molecule has 0 aliphatic carbocycles. The molecule has 1 fully saturated rings. The standard InChI is InChI=1S/C16H20N2O5/c1-3-13(16(21)22)17-15(20)10-8-14(19)18(9-10)11-4-6-12(23-2)7-5-11/h4-7,10,13H,3,8-9H2,1-2H3,(H,17,20)(H,21,22). The van der Waals surface area contributed by atoms with Crippen LogP contribution in [0.1, 0.15) is 19.8 Å². The van der Waals surface area contributed by atoms with E-state index < -0.39 is 23.8 Å². The van der Waals surface area contributed by atoms with Crippen molar-refractivity contribution in [3.05, 3.63) is 24.3 Å². The van der Waals surface area contributed by atoms with Crippen molar-refractivity contribution in [2.24, 2.45) is 5.92 Å². The summed E-state index contributed by atoms with van der Waals surface area (Å²) >= 11 is 0. The minimum Gasteiger partial charge on any atom is -0.497 e. The summed E-state index contributed by atoms with van der Waals surface area (Å²) in [6, 6.07) is 6.07. The van der Waals surface area contributed by atoms with Crippen LogP contribution in [-0.2, 0) is 14.4 Å². The molecule has 1 aliphatic rings. The lowest BCUT2D eigenvalue weighted by molar-refractivity contribution is -0.142. The number of ether oxygens (including phenoxy) is 1. The Bertz CT molecular complexity index is 599. The number of methoxy groups -OCH3 is 1. The second kappa shape index (κ2) is 7.13. The number of nitrogens with zero attached hydrogens (tertiary/aromatic N) is 1. The zero-order valence-corrected chi connectivity index (χ0v) is 13.1. The summed E-state index contributed by atoms with van der Waals surface area (Å²) in [5.41, 5.74) is 0.691. The molecule has 2 unspecified atom stereocenters. The third-order valence-electron chi connectivity index (χ3n) is 3.90. The average Bonchev–Trinajstić information content (AvgIpc) is 2.94. The van der Waals surface area contributed by atoms with Crippen molar-refractivity contribution >= 4 is 23.5 Å². The molecular weight excluding hydrogens is 300 g/mol. The Balaban J connectivity index is 2.03. The number of carbonyl (C=O) groups excluding carboxylic acids is 2. The van der Waals surface area contributed by atoms with Crippen LogP contribution in [0.25, 0.3) is 0 Å². The largest absolute Gasteiger partial charge is 0.497 e. The van der Waals surface area contributed by atoms with E-state index >= 15 is 0 Å². The van der Waals surface area contributed by atoms with Crippen molar-refractivity contribution in [1.29, 1.82) is 0 Å². The Morgan fingerprint density at radius 2 is 2.04 bits per heavy atom. The maximum atomic E-state index is 12.2. The average molecular weight is 320 g/mol. The zero-order chi connectivity index (χ0) is 17.0. The van der Waals surface area contributed by atoms with Gasteiger partial charge in [-0.15, -0.1) is 0 Å². The first kappa shape index (κ1) is 16.8. The molecule has 1 aromatic carbocycles. The summed E-state index contributed by atoms with van der Waals surface area (Å²) in [6.07, 6.45) is 0.373. The van der Waals surface area contributed by atoms with Crippen molar-refractivity contribution in [2.45, 2.75) is 25.8 Å². The predicted molar refractivity (Wildman–Crippen MR) is 83.3 cm³/mol. The van der Waals surface area contributed by atoms with Gasteiger partial charge in [0, 0.05) is 18.7 Å². The summed E-state index contributed by atoms with van der Waals surface area (Å²) in [5.74, 6) is -1.49. The van der Waals surface area contributed by atoms with Crippen LogP contribution in [0.3, 0.4) is 0 Å². The topological polar surface area (TPSA) is 95.9 Å². The van der Waals surface area contributed by atoms with Gasteiger partial charge in [-0.2, -0.15) is 0 Å². The molecule has 0 saturated carbocycles. The number of amides is 2. The molecule has 2 amide bonds. The highest BCUT2D eigenvalue weighted by Crippen LogP contribution is 2.27. The van der Waals surface area contributed by atoms with Crippen LogP contribution in [0, 0.1) is 5.92 Å². The molecular formula is C16H20N2O5. The smallest absolute Gasteiger partial charge is 0.326 e. The van der Waals surface area contributed by atoms with Gasteiger partial charge in [0.1, 0.15) is 11.8 Å². The molecule has 1 heterocycles. The number of carboxylic acid groups (broad SMARTS) is 1. The van der Waals surface area contributed by atoms with E-state index in [2.05, 4.69) is 5.32 Å². The Hall–Kier alpha value is -2.57. The normalized spacial score (nSPS) is 18.6. The lowest BCUT2D eigenvalue weighted by Crippen LogP contribution is -2.43. The number of rotatable bonds is 6. The van der Waals surface area contributed by atoms with Crippen molar-refractivity contribution in [3.63, 3.8) is 0 Å². The number of carbonyl (C=O) groups is 3. The van der Waals surface area contributed by atoms with Gasteiger partial charge in [0.15, 0.2) is 0 Å². The van der Waals surface area contributed by atoms with Crippen LogP contribution >= 0.6 is 0 Å². The first-order valence-corrected chi connectivity index (χ1v) is 7.43. The Morgan fingerprint density at radius 3 is 2.57 bits per heavy atom. The number of aliphatic carboxylic acids is 1. The minimum atomic E-state index is -1.07. The lowest BCUT2D eigenvalue weighted by Gasteiger charge is -2.18. The fourth-order valence-electron chi connectivity index (χ4n) is 2.52. The Kier molecular flexibility index (Phi) is 5.20. The molecule has 7 nitrogen and oxygen atoms in total. The monoisotopic (exact) mass is 320 g/mol. The lowest BCUT2D eigenvalue weighted by atomic mass is 10.1. The molecule has 124 valence electrons. The first-order chi connectivity index (χ1) is 11.0. The number of benzene rings is 1. The molecule has 2 atom stereocenters. The second-order valence-electron chi connectivity index (χ2n) is 5.41. The molecule has 0 radical (unpaired) electrons. The van der Waals surface area contributed by atoms with E-state index in [9.17, 15) is 14.4 Å². The number of carboxylic acids is 1. The molecule has 0 aromatic heterocycles. The number of anilines is 1. The van der Waals surface area contributed by atoms with Gasteiger partial charge < -0.3 is 20.1 Å². The van der Waals surface area contributed by atoms with Gasteiger partial charge in [-0.3, -0.25) is 9.59 Å². The summed E-state index contributed by atoms with van der Waals surface area (Å²) < 4.78 is 5.07. The van der Waals surface area contributed by atoms with Gasteiger partial charge in [-0.25, -0.2) is 4.79 Å². The van der Waals surface area contributed by atoms with Crippen molar-refractivity contribution < 1.29 is 24.2 Å². The molecule has 7 heteroatoms. The third-order valence-corrected chi connectivity index (χ3v) is 3.90. The maximum absolute atomic E-state index is 12.2. The quantitative estimate of drug-likeness (QED) is 0.816. The Labute approximate surface area is 134 Å². The SMILES string of the molecule is CCC(NC(=O)C1CC(=O)N(c2ccc(OC)cc2)C1)C(=O)O. The van der Waals surface area contributed by atoms with E-state index in [0.29, 0.717) is 17.9 Å². The summed E-state index contributed by atoms with van der Waals surface area (Å²) in [5, 5.41) is 11.5. The van der Waals surface area contributed by atoms with E-state index in [0.717, 1.165) is 0 Å². The predicted octanol–water partition coefficient (Wildman–Crippen LogP) is 1.03. The van der Waals surface area contributed by atoms with E-state index in [1.54, 1.807) is 38.3 Å². The highest BCUT2D eigenvalue weighted by molar-refractivity contribution is 6.00. The van der Waals surface area contributed by atoms with Crippen LogP contribution in [0.2, 0.25) is 0 Å². The molecule has 23 heavy (non-hydrogen) atoms. The molecule has 0 bridgehead atoms. The van der Waals surface area contributed by atoms with Crippen molar-refractivity contribution in [1.82, 2.24) is 5.32 Å². The molecule has 2 rings (SSSR count). The maximum Gasteiger partial charge on any atom is 0.326 e. The van der Waals surface area contributed by atoms with E-state index in [-0.39, 0.29) is 18.9 Å². The minimum absolute atomic E-state index is 0.0773. The number of hydrogen-bond acceptors (Lipinski definition) is 4. The highest BCUT2D eigenvalue weighted by Gasteiger charge is 2.36. The van der Waals surface area contributed by atoms with Gasteiger partial charge >= 0.3 is 5.97 Å². The van der Waals surface area contributed by atoms with Gasteiger partial charge in [0.05, 0.1) is 13.0 Å². The second-order valence-corrected chi connectivity index (χ2v) is 5.41. The fraction of sp³-hybridized carbons (Fsp3) is 0.438. The fourth-order valence-corrected chi connectivity index (χ4v) is 2.52. The van der Waals surface area contributed by atoms with Gasteiger partial charge in [0.2, 0.25) is 11.8 Å². The van der Waals surface area contributed by atoms with Crippen molar-refractivity contribution in [3.8, 4) is 5.75 Å². The van der Waals surface area contributed by atoms with Crippen LogP contribution in [-0.4, -0.2) is 42.6 Å². The number of nitrogens with one attached hydrogen (secondary N) is 1. The van der Waals surface area contributed by atoms with E-state index in [1.807, 2.05) is 0 Å². The third kappa shape index (κ3) is 3.80. The molecule has 2 N–H and O–H groups in total. The molecule has 1 saturated heterocycles. The van der Waals surface area contributed by atoms with Gasteiger partial charge in [-0.05, 0) is 30.7 Å². The van der Waals surface area contributed by atoms with Crippen LogP contribution < -0.4 is 15.0 Å². The van der Waals surface area contributed by atoms with Crippen LogP contribution in [0.5, 0.6) is 5.75 Å². The van der Waals surface area contributed by atoms with E-state index in [4.69, 9.17) is 9.84 Å². The van der Waals surface area contributed by atoms with Crippen LogP contribution in [0.15, 0.2) is 24.3 Å². The summed E-state index contributed by atoms with van der Waals surface area (Å²) in [7, 11) is 1.56. The van der Waals surface area contributed by atoms with Crippen LogP contribution in [0.4, 0.5) is 5.69 Å². The van der Waals surface area contributed by atoms with Gasteiger partial charge in [-0.1, -0.05) is 6.92 Å². The molecule has 1 aromatic rings. The van der Waals surface area contributed by atoms with E-state index in [1.165, 1.54) is 4.90 Å². The number of hydrogen-bond donors (Lipinski definition) is 2. The Morgan fingerprint density at radius 1 is 1.39 bits per heavy atom. The summed E-state index contributed by atoms with van der Waals surface area (Å²) in [4.78, 5) is 36.8. The zero-order valence-electron chi connectivity index (χ0n) is 13.1. The van der Waals surface area contributed by atoms with Crippen molar-refractivity contribution in [2.75, 3.05) is 18.6 Å². The van der Waals surface area contributed by atoms with Gasteiger partial charge in [0.25, 0.3) is 0 Å².